The van der Waals surface area contributed by atoms with Gasteiger partial charge in [0.25, 0.3) is 0 Å². The maximum Gasteiger partial charge on any atom is 0.339 e. The lowest BCUT2D eigenvalue weighted by Crippen LogP contribution is -2.12. The van der Waals surface area contributed by atoms with Crippen LogP contribution in [0.15, 0.2) is 12.3 Å². The van der Waals surface area contributed by atoms with Gasteiger partial charge in [0.15, 0.2) is 0 Å². The predicted molar refractivity (Wildman–Crippen MR) is 54.2 cm³/mol. The molecule has 0 spiro atoms. The maximum atomic E-state index is 11.4. The van der Waals surface area contributed by atoms with Crippen LogP contribution < -0.4 is 5.73 Å². The number of esters is 1. The third kappa shape index (κ3) is 2.14. The Hall–Kier alpha value is -1.29. The highest BCUT2D eigenvalue weighted by molar-refractivity contribution is 5.90. The summed E-state index contributed by atoms with van der Waals surface area (Å²) >= 11 is 0. The topological polar surface area (TPSA) is 57.2 Å². The van der Waals surface area contributed by atoms with Crippen molar-refractivity contribution >= 4 is 5.97 Å². The van der Waals surface area contributed by atoms with Crippen LogP contribution in [-0.2, 0) is 11.3 Å². The quantitative estimate of drug-likeness (QED) is 0.729. The fourth-order valence-corrected chi connectivity index (χ4v) is 1.36. The van der Waals surface area contributed by atoms with Crippen LogP contribution in [0.1, 0.15) is 23.0 Å². The molecule has 0 amide bonds. The summed E-state index contributed by atoms with van der Waals surface area (Å²) < 4.78 is 6.87. The normalized spacial score (nSPS) is 10.2. The Labute approximate surface area is 83.7 Å². The van der Waals surface area contributed by atoms with Crippen LogP contribution in [0.5, 0.6) is 0 Å². The number of hydrogen-bond donors (Lipinski definition) is 1. The Bertz CT molecular complexity index is 318. The van der Waals surface area contributed by atoms with E-state index in [9.17, 15) is 4.79 Å². The fourth-order valence-electron chi connectivity index (χ4n) is 1.36. The van der Waals surface area contributed by atoms with Crippen molar-refractivity contribution in [3.8, 4) is 0 Å². The van der Waals surface area contributed by atoms with Crippen molar-refractivity contribution in [2.24, 2.45) is 5.73 Å². The number of carbonyl (C=O) groups is 1. The van der Waals surface area contributed by atoms with Crippen molar-refractivity contribution in [1.29, 1.82) is 0 Å². The van der Waals surface area contributed by atoms with E-state index < -0.39 is 0 Å². The monoisotopic (exact) mass is 196 g/mol. The molecule has 0 bridgehead atoms. The Morgan fingerprint density at radius 2 is 2.36 bits per heavy atom. The molecular weight excluding hydrogens is 180 g/mol. The summed E-state index contributed by atoms with van der Waals surface area (Å²) in [6.07, 6.45) is 1.86. The lowest BCUT2D eigenvalue weighted by Gasteiger charge is -2.05. The summed E-state index contributed by atoms with van der Waals surface area (Å²) in [7, 11) is 0. The van der Waals surface area contributed by atoms with Crippen LogP contribution in [0.4, 0.5) is 0 Å². The molecule has 14 heavy (non-hydrogen) atoms. The molecule has 4 nitrogen and oxygen atoms in total. The van der Waals surface area contributed by atoms with Gasteiger partial charge in [-0.15, -0.1) is 0 Å². The number of nitrogens with zero attached hydrogens (tertiary/aromatic N) is 1. The number of ether oxygens (including phenoxy) is 1. The maximum absolute atomic E-state index is 11.4. The third-order valence-corrected chi connectivity index (χ3v) is 2.11. The highest BCUT2D eigenvalue weighted by Gasteiger charge is 2.12. The van der Waals surface area contributed by atoms with Gasteiger partial charge in [0.05, 0.1) is 12.2 Å². The first-order chi connectivity index (χ1) is 6.70. The van der Waals surface area contributed by atoms with Crippen LogP contribution in [0.3, 0.4) is 0 Å². The molecule has 78 valence electrons. The molecule has 1 aromatic heterocycles. The lowest BCUT2D eigenvalue weighted by atomic mass is 10.2. The average Bonchev–Trinajstić information content (AvgIpc) is 2.49. The van der Waals surface area contributed by atoms with Crippen LogP contribution in [0.25, 0.3) is 0 Å². The van der Waals surface area contributed by atoms with Crippen molar-refractivity contribution in [2.75, 3.05) is 13.2 Å². The van der Waals surface area contributed by atoms with Crippen molar-refractivity contribution in [1.82, 2.24) is 4.57 Å². The summed E-state index contributed by atoms with van der Waals surface area (Å²) in [6.45, 7) is 5.38. The van der Waals surface area contributed by atoms with Crippen molar-refractivity contribution in [2.45, 2.75) is 20.4 Å². The zero-order valence-electron chi connectivity index (χ0n) is 8.62. The van der Waals surface area contributed by atoms with Gasteiger partial charge in [-0.25, -0.2) is 4.79 Å². The second-order valence-corrected chi connectivity index (χ2v) is 3.02. The number of carbonyl (C=O) groups excluding carboxylic acids is 1. The molecule has 4 heteroatoms. The molecule has 0 saturated carbocycles. The molecule has 0 radical (unpaired) electrons. The number of aromatic nitrogens is 1. The molecule has 1 rings (SSSR count). The van der Waals surface area contributed by atoms with E-state index in [0.717, 1.165) is 12.2 Å². The fraction of sp³-hybridized carbons (Fsp3) is 0.500. The molecule has 1 aromatic rings. The Kier molecular flexibility index (Phi) is 3.71. The summed E-state index contributed by atoms with van der Waals surface area (Å²) in [4.78, 5) is 11.4. The first kappa shape index (κ1) is 10.8. The minimum Gasteiger partial charge on any atom is -0.462 e. The van der Waals surface area contributed by atoms with Crippen LogP contribution in [-0.4, -0.2) is 23.7 Å². The second kappa shape index (κ2) is 4.81. The van der Waals surface area contributed by atoms with Crippen molar-refractivity contribution < 1.29 is 9.53 Å². The molecule has 0 aliphatic rings. The van der Waals surface area contributed by atoms with Crippen LogP contribution >= 0.6 is 0 Å². The van der Waals surface area contributed by atoms with Gasteiger partial charge in [0, 0.05) is 25.0 Å². The summed E-state index contributed by atoms with van der Waals surface area (Å²) in [5.74, 6) is -0.263. The lowest BCUT2D eigenvalue weighted by molar-refractivity contribution is 0.0525. The highest BCUT2D eigenvalue weighted by atomic mass is 16.5. The van der Waals surface area contributed by atoms with E-state index in [1.54, 1.807) is 13.0 Å². The van der Waals surface area contributed by atoms with Gasteiger partial charge in [-0.3, -0.25) is 0 Å². The molecule has 0 fully saturated rings. The van der Waals surface area contributed by atoms with Crippen molar-refractivity contribution in [3.63, 3.8) is 0 Å². The van der Waals surface area contributed by atoms with Gasteiger partial charge in [0.2, 0.25) is 0 Å². The largest absolute Gasteiger partial charge is 0.462 e. The third-order valence-electron chi connectivity index (χ3n) is 2.11. The van der Waals surface area contributed by atoms with Crippen molar-refractivity contribution in [3.05, 3.63) is 23.5 Å². The molecular formula is C10H16N2O2. The molecule has 1 heterocycles. The Balaban J connectivity index is 2.83. The molecule has 0 unspecified atom stereocenters. The summed E-state index contributed by atoms with van der Waals surface area (Å²) in [5, 5.41) is 0. The molecule has 0 aliphatic heterocycles. The zero-order chi connectivity index (χ0) is 10.6. The van der Waals surface area contributed by atoms with Gasteiger partial charge in [0.1, 0.15) is 0 Å². The second-order valence-electron chi connectivity index (χ2n) is 3.02. The standard InChI is InChI=1S/C10H16N2O2/c1-3-14-10(13)9-4-6-12(7-5-11)8(9)2/h4,6H,3,5,7,11H2,1-2H3. The van der Waals surface area contributed by atoms with E-state index in [-0.39, 0.29) is 5.97 Å². The Morgan fingerprint density at radius 1 is 1.64 bits per heavy atom. The molecule has 2 N–H and O–H groups in total. The average molecular weight is 196 g/mol. The SMILES string of the molecule is CCOC(=O)c1ccn(CCN)c1C. The number of rotatable bonds is 4. The molecule has 0 aliphatic carbocycles. The van der Waals surface area contributed by atoms with E-state index in [2.05, 4.69) is 0 Å². The zero-order valence-corrected chi connectivity index (χ0v) is 8.62. The molecule has 0 saturated heterocycles. The van der Waals surface area contributed by atoms with Gasteiger partial charge < -0.3 is 15.0 Å². The van der Waals surface area contributed by atoms with Gasteiger partial charge in [-0.05, 0) is 19.9 Å². The van der Waals surface area contributed by atoms with Gasteiger partial charge in [-0.2, -0.15) is 0 Å². The van der Waals surface area contributed by atoms with E-state index in [4.69, 9.17) is 10.5 Å². The van der Waals surface area contributed by atoms with Crippen LogP contribution in [0.2, 0.25) is 0 Å². The predicted octanol–water partition coefficient (Wildman–Crippen LogP) is 0.932. The minimum atomic E-state index is -0.263. The molecule has 0 atom stereocenters. The van der Waals surface area contributed by atoms with Gasteiger partial charge in [-0.1, -0.05) is 0 Å². The smallest absolute Gasteiger partial charge is 0.339 e. The minimum absolute atomic E-state index is 0.263. The van der Waals surface area contributed by atoms with E-state index >= 15 is 0 Å². The van der Waals surface area contributed by atoms with E-state index in [1.165, 1.54) is 0 Å². The van der Waals surface area contributed by atoms with Crippen LogP contribution in [0, 0.1) is 6.92 Å². The first-order valence-electron chi connectivity index (χ1n) is 4.73. The summed E-state index contributed by atoms with van der Waals surface area (Å²) in [6, 6.07) is 1.77. The van der Waals surface area contributed by atoms with E-state index in [1.807, 2.05) is 17.7 Å². The number of nitrogens with two attached hydrogens (primary N) is 1. The Morgan fingerprint density at radius 3 is 2.93 bits per heavy atom. The highest BCUT2D eigenvalue weighted by Crippen LogP contribution is 2.10. The van der Waals surface area contributed by atoms with Gasteiger partial charge >= 0.3 is 5.97 Å². The molecule has 0 aromatic carbocycles. The van der Waals surface area contributed by atoms with E-state index in [0.29, 0.717) is 18.7 Å². The number of hydrogen-bond acceptors (Lipinski definition) is 3. The first-order valence-corrected chi connectivity index (χ1v) is 4.73. The summed E-state index contributed by atoms with van der Waals surface area (Å²) in [5.41, 5.74) is 6.97.